The summed E-state index contributed by atoms with van der Waals surface area (Å²) >= 11 is 1.43. The quantitative estimate of drug-likeness (QED) is 0.604. The van der Waals surface area contributed by atoms with E-state index in [9.17, 15) is 4.79 Å². The van der Waals surface area contributed by atoms with Crippen LogP contribution in [-0.4, -0.2) is 42.5 Å². The van der Waals surface area contributed by atoms with Crippen LogP contribution in [-0.2, 0) is 4.79 Å². The van der Waals surface area contributed by atoms with E-state index in [0.29, 0.717) is 5.25 Å². The Balaban J connectivity index is 3.69. The molecule has 0 N–H and O–H groups in total. The van der Waals surface area contributed by atoms with Crippen molar-refractivity contribution in [3.05, 3.63) is 0 Å². The lowest BCUT2D eigenvalue weighted by Crippen LogP contribution is -2.39. The lowest BCUT2D eigenvalue weighted by Gasteiger charge is -2.26. The summed E-state index contributed by atoms with van der Waals surface area (Å²) in [6, 6.07) is 0. The Labute approximate surface area is 73.5 Å². The molecule has 1 atom stereocenters. The Bertz CT molecular complexity index is 140. The Morgan fingerprint density at radius 3 is 2.18 bits per heavy atom. The Hall–Kier alpha value is -0.0200. The maximum absolute atomic E-state index is 10.7. The van der Waals surface area contributed by atoms with E-state index in [0.717, 1.165) is 11.0 Å². The molecule has 0 aromatic rings. The van der Waals surface area contributed by atoms with Crippen molar-refractivity contribution in [2.45, 2.75) is 19.1 Å². The van der Waals surface area contributed by atoms with Gasteiger partial charge in [-0.3, -0.25) is 4.79 Å². The van der Waals surface area contributed by atoms with Crippen LogP contribution >= 0.6 is 11.8 Å². The normalized spacial score (nSPS) is 14.6. The molecule has 0 radical (unpaired) electrons. The third kappa shape index (κ3) is 7.88. The van der Waals surface area contributed by atoms with Gasteiger partial charge in [-0.1, -0.05) is 11.8 Å². The summed E-state index contributed by atoms with van der Waals surface area (Å²) in [7, 11) is 6.41. The first-order valence-corrected chi connectivity index (χ1v) is 4.67. The van der Waals surface area contributed by atoms with Crippen LogP contribution in [0.15, 0.2) is 0 Å². The Morgan fingerprint density at radius 2 is 1.91 bits per heavy atom. The van der Waals surface area contributed by atoms with E-state index in [1.165, 1.54) is 11.8 Å². The predicted octanol–water partition coefficient (Wildman–Crippen LogP) is 1.36. The monoisotopic (exact) mass is 176 g/mol. The lowest BCUT2D eigenvalue weighted by atomic mass is 10.4. The molecule has 11 heavy (non-hydrogen) atoms. The summed E-state index contributed by atoms with van der Waals surface area (Å²) in [5, 5.41) is 0.637. The van der Waals surface area contributed by atoms with Crippen molar-refractivity contribution in [3.8, 4) is 0 Å². The van der Waals surface area contributed by atoms with Gasteiger partial charge in [-0.15, -0.1) is 0 Å². The molecular weight excluding hydrogens is 158 g/mol. The van der Waals surface area contributed by atoms with E-state index >= 15 is 0 Å². The van der Waals surface area contributed by atoms with Gasteiger partial charge in [-0.2, -0.15) is 0 Å². The zero-order chi connectivity index (χ0) is 9.07. The Kier molecular flexibility index (Phi) is 4.11. The van der Waals surface area contributed by atoms with Crippen LogP contribution in [0.25, 0.3) is 0 Å². The minimum absolute atomic E-state index is 0.214. The summed E-state index contributed by atoms with van der Waals surface area (Å²) in [6.45, 7) is 4.75. The molecular formula is C8H18NOS+. The first-order valence-electron chi connectivity index (χ1n) is 3.79. The van der Waals surface area contributed by atoms with Crippen molar-refractivity contribution in [2.75, 3.05) is 27.7 Å². The van der Waals surface area contributed by atoms with Crippen LogP contribution < -0.4 is 0 Å². The molecule has 0 aromatic carbocycles. The minimum Gasteiger partial charge on any atom is -0.330 e. The van der Waals surface area contributed by atoms with E-state index in [-0.39, 0.29) is 5.12 Å². The van der Waals surface area contributed by atoms with Crippen molar-refractivity contribution >= 4 is 16.9 Å². The van der Waals surface area contributed by atoms with Gasteiger partial charge >= 0.3 is 0 Å². The average molecular weight is 176 g/mol. The smallest absolute Gasteiger partial charge is 0.186 e. The molecule has 0 spiro atoms. The highest BCUT2D eigenvalue weighted by Crippen LogP contribution is 2.13. The lowest BCUT2D eigenvalue weighted by molar-refractivity contribution is -0.869. The minimum atomic E-state index is 0.214. The molecule has 0 aliphatic carbocycles. The maximum atomic E-state index is 10.7. The molecule has 0 bridgehead atoms. The van der Waals surface area contributed by atoms with Gasteiger partial charge in [0.15, 0.2) is 5.12 Å². The van der Waals surface area contributed by atoms with Gasteiger partial charge in [0.1, 0.15) is 0 Å². The van der Waals surface area contributed by atoms with E-state index < -0.39 is 0 Å². The fourth-order valence-electron chi connectivity index (χ4n) is 1.09. The second-order valence-corrected chi connectivity index (χ2v) is 5.51. The number of rotatable bonds is 3. The molecule has 66 valence electrons. The van der Waals surface area contributed by atoms with Crippen molar-refractivity contribution in [3.63, 3.8) is 0 Å². The van der Waals surface area contributed by atoms with Gasteiger partial charge < -0.3 is 4.48 Å². The molecule has 0 aliphatic heterocycles. The standard InChI is InChI=1S/C8H18NOS/c1-7(11-8(2)10)6-9(3,4)5/h7H,6H2,1-5H3/q+1. The highest BCUT2D eigenvalue weighted by molar-refractivity contribution is 8.14. The maximum Gasteiger partial charge on any atom is 0.186 e. The second-order valence-electron chi connectivity index (χ2n) is 3.89. The fourth-order valence-corrected chi connectivity index (χ4v) is 2.18. The van der Waals surface area contributed by atoms with Crippen LogP contribution in [0, 0.1) is 0 Å². The highest BCUT2D eigenvalue weighted by atomic mass is 32.2. The largest absolute Gasteiger partial charge is 0.330 e. The fraction of sp³-hybridized carbons (Fsp3) is 0.875. The van der Waals surface area contributed by atoms with E-state index in [1.807, 2.05) is 0 Å². The van der Waals surface area contributed by atoms with Gasteiger partial charge in [0.2, 0.25) is 0 Å². The summed E-state index contributed by atoms with van der Waals surface area (Å²) in [5.41, 5.74) is 0. The zero-order valence-electron chi connectivity index (χ0n) is 8.05. The molecule has 0 heterocycles. The van der Waals surface area contributed by atoms with Gasteiger partial charge in [0, 0.05) is 6.92 Å². The molecule has 0 saturated carbocycles. The molecule has 0 saturated heterocycles. The zero-order valence-corrected chi connectivity index (χ0v) is 8.86. The summed E-state index contributed by atoms with van der Waals surface area (Å²) in [4.78, 5) is 10.7. The number of hydrogen-bond donors (Lipinski definition) is 0. The summed E-state index contributed by atoms with van der Waals surface area (Å²) in [6.07, 6.45) is 0. The van der Waals surface area contributed by atoms with Gasteiger partial charge in [-0.25, -0.2) is 0 Å². The Morgan fingerprint density at radius 1 is 1.45 bits per heavy atom. The van der Waals surface area contributed by atoms with Crippen molar-refractivity contribution < 1.29 is 9.28 Å². The second kappa shape index (κ2) is 4.12. The first kappa shape index (κ1) is 11.0. The summed E-state index contributed by atoms with van der Waals surface area (Å²) in [5.74, 6) is 0. The van der Waals surface area contributed by atoms with E-state index in [2.05, 4.69) is 28.1 Å². The topological polar surface area (TPSA) is 17.1 Å². The third-order valence-corrected chi connectivity index (χ3v) is 2.06. The number of thioether (sulfide) groups is 1. The first-order chi connectivity index (χ1) is 4.81. The molecule has 0 fully saturated rings. The van der Waals surface area contributed by atoms with Crippen LogP contribution in [0.2, 0.25) is 0 Å². The number of quaternary nitrogens is 1. The predicted molar refractivity (Wildman–Crippen MR) is 50.6 cm³/mol. The van der Waals surface area contributed by atoms with Crippen molar-refractivity contribution in [2.24, 2.45) is 0 Å². The molecule has 0 amide bonds. The molecule has 3 heteroatoms. The van der Waals surface area contributed by atoms with Gasteiger partial charge in [-0.05, 0) is 6.92 Å². The molecule has 0 aliphatic rings. The van der Waals surface area contributed by atoms with Crippen LogP contribution in [0.4, 0.5) is 0 Å². The molecule has 0 rings (SSSR count). The molecule has 2 nitrogen and oxygen atoms in total. The highest BCUT2D eigenvalue weighted by Gasteiger charge is 2.15. The van der Waals surface area contributed by atoms with Crippen LogP contribution in [0.3, 0.4) is 0 Å². The molecule has 1 unspecified atom stereocenters. The number of hydrogen-bond acceptors (Lipinski definition) is 2. The SMILES string of the molecule is CC(=O)SC(C)C[N+](C)(C)C. The molecule has 0 aromatic heterocycles. The van der Waals surface area contributed by atoms with E-state index in [4.69, 9.17) is 0 Å². The number of carbonyl (C=O) groups is 1. The van der Waals surface area contributed by atoms with Crippen LogP contribution in [0.5, 0.6) is 0 Å². The van der Waals surface area contributed by atoms with Gasteiger partial charge in [0.25, 0.3) is 0 Å². The average Bonchev–Trinajstić information content (AvgIpc) is 1.53. The van der Waals surface area contributed by atoms with Crippen molar-refractivity contribution in [1.29, 1.82) is 0 Å². The number of carbonyl (C=O) groups excluding carboxylic acids is 1. The summed E-state index contributed by atoms with van der Waals surface area (Å²) < 4.78 is 0.918. The van der Waals surface area contributed by atoms with Crippen molar-refractivity contribution in [1.82, 2.24) is 0 Å². The van der Waals surface area contributed by atoms with E-state index in [1.54, 1.807) is 6.92 Å². The number of nitrogens with zero attached hydrogens (tertiary/aromatic N) is 1. The van der Waals surface area contributed by atoms with Gasteiger partial charge in [0.05, 0.1) is 32.9 Å². The third-order valence-electron chi connectivity index (χ3n) is 1.17. The van der Waals surface area contributed by atoms with Crippen LogP contribution in [0.1, 0.15) is 13.8 Å².